The molecule has 0 saturated carbocycles. The van der Waals surface area contributed by atoms with E-state index >= 15 is 0 Å². The molecule has 0 bridgehead atoms. The zero-order valence-corrected chi connectivity index (χ0v) is 23.6. The van der Waals surface area contributed by atoms with Gasteiger partial charge in [-0.1, -0.05) is 48.5 Å². The second-order valence-corrected chi connectivity index (χ2v) is 11.1. The molecule has 9 heteroatoms. The molecule has 0 aliphatic rings. The number of anilines is 2. The Morgan fingerprint density at radius 3 is 2.59 bits per heavy atom. The molecule has 0 unspecified atom stereocenters. The van der Waals surface area contributed by atoms with Crippen LogP contribution in [-0.2, 0) is 13.0 Å². The maximum Gasteiger partial charge on any atom is 0.227 e. The maximum atomic E-state index is 5.01. The largest absolute Gasteiger partial charge is 0.342 e. The molecular weight excluding hydrogens is 528 g/mol. The van der Waals surface area contributed by atoms with Gasteiger partial charge in [-0.05, 0) is 55.6 Å². The van der Waals surface area contributed by atoms with E-state index in [1.54, 1.807) is 17.5 Å². The molecular formula is C32H28N8S. The predicted molar refractivity (Wildman–Crippen MR) is 166 cm³/mol. The van der Waals surface area contributed by atoms with Gasteiger partial charge in [0.2, 0.25) is 5.95 Å². The number of thiazole rings is 1. The van der Waals surface area contributed by atoms with Gasteiger partial charge in [0.1, 0.15) is 11.5 Å². The van der Waals surface area contributed by atoms with Crippen LogP contribution in [-0.4, -0.2) is 48.3 Å². The summed E-state index contributed by atoms with van der Waals surface area (Å²) in [6.07, 6.45) is 4.58. The Kier molecular flexibility index (Phi) is 6.50. The van der Waals surface area contributed by atoms with Crippen molar-refractivity contribution in [1.82, 2.24) is 34.2 Å². The normalized spacial score (nSPS) is 11.6. The van der Waals surface area contributed by atoms with Crippen LogP contribution < -0.4 is 5.32 Å². The fourth-order valence-electron chi connectivity index (χ4n) is 5.05. The molecule has 0 amide bonds. The Morgan fingerprint density at radius 2 is 1.76 bits per heavy atom. The van der Waals surface area contributed by atoms with Gasteiger partial charge in [-0.25, -0.2) is 19.9 Å². The average Bonchev–Trinajstić information content (AvgIpc) is 3.68. The number of nitrogens with one attached hydrogen (secondary N) is 2. The van der Waals surface area contributed by atoms with Crippen molar-refractivity contribution >= 4 is 39.0 Å². The van der Waals surface area contributed by atoms with E-state index in [4.69, 9.17) is 15.0 Å². The monoisotopic (exact) mass is 556 g/mol. The highest BCUT2D eigenvalue weighted by Crippen LogP contribution is 2.35. The molecule has 4 aromatic heterocycles. The van der Waals surface area contributed by atoms with Crippen molar-refractivity contribution in [2.75, 3.05) is 19.4 Å². The molecule has 8 nitrogen and oxygen atoms in total. The molecule has 0 saturated heterocycles. The first-order chi connectivity index (χ1) is 20.1. The molecule has 202 valence electrons. The molecule has 0 fully saturated rings. The van der Waals surface area contributed by atoms with Gasteiger partial charge in [0.15, 0.2) is 4.96 Å². The van der Waals surface area contributed by atoms with Crippen molar-refractivity contribution in [2.45, 2.75) is 13.0 Å². The Hall–Kier alpha value is -4.86. The standard InChI is InChI=1S/C32H28N8S/c1-39(2)20-22-8-11-24(12-9-22)34-31-33-15-14-26(37-31)30-29(38-32-40(30)16-17-41-32)23-10-13-25-27(19-23)36-28(35-25)18-21-6-4-3-5-7-21/h3-17,19H,18,20H2,1-2H3,(H,35,36)(H,33,34,37). The number of hydrogen-bond acceptors (Lipinski definition) is 7. The minimum absolute atomic E-state index is 0.536. The molecule has 0 radical (unpaired) electrons. The lowest BCUT2D eigenvalue weighted by atomic mass is 10.1. The van der Waals surface area contributed by atoms with E-state index in [1.165, 1.54) is 11.1 Å². The third kappa shape index (κ3) is 5.20. The van der Waals surface area contributed by atoms with E-state index in [-0.39, 0.29) is 0 Å². The molecule has 41 heavy (non-hydrogen) atoms. The lowest BCUT2D eigenvalue weighted by molar-refractivity contribution is 0.402. The highest BCUT2D eigenvalue weighted by atomic mass is 32.1. The highest BCUT2D eigenvalue weighted by Gasteiger charge is 2.19. The van der Waals surface area contributed by atoms with Gasteiger partial charge in [-0.15, -0.1) is 11.3 Å². The van der Waals surface area contributed by atoms with E-state index in [0.717, 1.165) is 63.1 Å². The number of benzene rings is 3. The topological polar surface area (TPSA) is 87.0 Å². The van der Waals surface area contributed by atoms with Crippen molar-refractivity contribution in [3.8, 4) is 22.6 Å². The summed E-state index contributed by atoms with van der Waals surface area (Å²) < 4.78 is 2.10. The van der Waals surface area contributed by atoms with Gasteiger partial charge < -0.3 is 15.2 Å². The number of aromatic nitrogens is 6. The smallest absolute Gasteiger partial charge is 0.227 e. The van der Waals surface area contributed by atoms with Crippen molar-refractivity contribution < 1.29 is 0 Å². The molecule has 2 N–H and O–H groups in total. The fraction of sp³-hybridized carbons (Fsp3) is 0.125. The second-order valence-electron chi connectivity index (χ2n) is 10.3. The molecule has 0 spiro atoms. The summed E-state index contributed by atoms with van der Waals surface area (Å²) in [6.45, 7) is 0.894. The first-order valence-corrected chi connectivity index (χ1v) is 14.3. The van der Waals surface area contributed by atoms with Gasteiger partial charge in [-0.2, -0.15) is 0 Å². The van der Waals surface area contributed by atoms with Gasteiger partial charge >= 0.3 is 0 Å². The summed E-state index contributed by atoms with van der Waals surface area (Å²) in [5.41, 5.74) is 8.93. The van der Waals surface area contributed by atoms with E-state index in [9.17, 15) is 0 Å². The number of imidazole rings is 2. The van der Waals surface area contributed by atoms with Crippen LogP contribution in [0.4, 0.5) is 11.6 Å². The third-order valence-electron chi connectivity index (χ3n) is 6.89. The van der Waals surface area contributed by atoms with Crippen LogP contribution in [0.3, 0.4) is 0 Å². The molecule has 7 rings (SSSR count). The van der Waals surface area contributed by atoms with E-state index in [2.05, 4.69) is 105 Å². The first kappa shape index (κ1) is 25.1. The van der Waals surface area contributed by atoms with Crippen LogP contribution in [0, 0.1) is 0 Å². The minimum atomic E-state index is 0.536. The number of nitrogens with zero attached hydrogens (tertiary/aromatic N) is 6. The molecule has 3 aromatic carbocycles. The van der Waals surface area contributed by atoms with Gasteiger partial charge in [0.25, 0.3) is 0 Å². The van der Waals surface area contributed by atoms with Crippen LogP contribution in [0.5, 0.6) is 0 Å². The van der Waals surface area contributed by atoms with Crippen LogP contribution in [0.1, 0.15) is 17.0 Å². The van der Waals surface area contributed by atoms with Crippen LogP contribution in [0.15, 0.2) is 96.6 Å². The van der Waals surface area contributed by atoms with Crippen LogP contribution in [0.25, 0.3) is 38.6 Å². The van der Waals surface area contributed by atoms with Gasteiger partial charge in [-0.3, -0.25) is 4.40 Å². The number of fused-ring (bicyclic) bond motifs is 2. The molecule has 4 heterocycles. The zero-order chi connectivity index (χ0) is 27.8. The Bertz CT molecular complexity index is 1950. The van der Waals surface area contributed by atoms with E-state index < -0.39 is 0 Å². The van der Waals surface area contributed by atoms with Gasteiger partial charge in [0.05, 0.1) is 22.4 Å². The first-order valence-electron chi connectivity index (χ1n) is 13.4. The fourth-order valence-corrected chi connectivity index (χ4v) is 5.77. The molecule has 0 atom stereocenters. The van der Waals surface area contributed by atoms with Crippen LogP contribution >= 0.6 is 11.3 Å². The Balaban J connectivity index is 1.22. The minimum Gasteiger partial charge on any atom is -0.342 e. The quantitative estimate of drug-likeness (QED) is 0.214. The SMILES string of the molecule is CN(C)Cc1ccc(Nc2nccc(-c3c(-c4ccc5nc(Cc6ccccc6)[nH]c5c4)nc4sccn34)n2)cc1. The van der Waals surface area contributed by atoms with Crippen LogP contribution in [0.2, 0.25) is 0 Å². The zero-order valence-electron chi connectivity index (χ0n) is 22.7. The summed E-state index contributed by atoms with van der Waals surface area (Å²) >= 11 is 1.60. The average molecular weight is 557 g/mol. The summed E-state index contributed by atoms with van der Waals surface area (Å²) in [7, 11) is 4.13. The number of rotatable bonds is 8. The van der Waals surface area contributed by atoms with E-state index in [1.807, 2.05) is 23.7 Å². The van der Waals surface area contributed by atoms with Crippen molar-refractivity contribution in [2.24, 2.45) is 0 Å². The van der Waals surface area contributed by atoms with Gasteiger partial charge in [0, 0.05) is 42.0 Å². The molecule has 0 aliphatic carbocycles. The molecule has 7 aromatic rings. The lowest BCUT2D eigenvalue weighted by Crippen LogP contribution is -2.10. The summed E-state index contributed by atoms with van der Waals surface area (Å²) in [5, 5.41) is 5.40. The maximum absolute atomic E-state index is 5.01. The number of hydrogen-bond donors (Lipinski definition) is 2. The van der Waals surface area contributed by atoms with Crippen molar-refractivity contribution in [3.05, 3.63) is 114 Å². The lowest BCUT2D eigenvalue weighted by Gasteiger charge is -2.11. The third-order valence-corrected chi connectivity index (χ3v) is 7.64. The summed E-state index contributed by atoms with van der Waals surface area (Å²) in [6, 6.07) is 26.9. The number of H-pyrrole nitrogens is 1. The Labute approximate surface area is 241 Å². The summed E-state index contributed by atoms with van der Waals surface area (Å²) in [4.78, 5) is 25.8. The van der Waals surface area contributed by atoms with Crippen molar-refractivity contribution in [1.29, 1.82) is 0 Å². The second kappa shape index (κ2) is 10.6. The van der Waals surface area contributed by atoms with E-state index in [0.29, 0.717) is 5.95 Å². The molecule has 0 aliphatic heterocycles. The van der Waals surface area contributed by atoms with Crippen molar-refractivity contribution in [3.63, 3.8) is 0 Å². The highest BCUT2D eigenvalue weighted by molar-refractivity contribution is 7.15. The number of aromatic amines is 1. The Morgan fingerprint density at radius 1 is 0.902 bits per heavy atom. The summed E-state index contributed by atoms with van der Waals surface area (Å²) in [5.74, 6) is 1.48. The predicted octanol–water partition coefficient (Wildman–Crippen LogP) is 6.79.